The van der Waals surface area contributed by atoms with Gasteiger partial charge in [0.05, 0.1) is 0 Å². The first-order valence-electron chi connectivity index (χ1n) is 15.9. The van der Waals surface area contributed by atoms with E-state index in [-0.39, 0.29) is 31.9 Å². The van der Waals surface area contributed by atoms with Crippen molar-refractivity contribution in [1.82, 2.24) is 0 Å². The SMILES string of the molecule is C=[n+]1c(C([N-]c2c(C(C)C)cccc2C(C)C)c2ccccc2)ccc/c1=C1/C=C[CH-]c2ccccc21.C[N-]C.C[N-]C.C[N-]C.[Hf+4]. The van der Waals surface area contributed by atoms with Gasteiger partial charge in [-0.3, -0.25) is 0 Å². The average molecular weight is 794 g/mol. The van der Waals surface area contributed by atoms with Gasteiger partial charge in [-0.2, -0.15) is 46.5 Å². The summed E-state index contributed by atoms with van der Waals surface area (Å²) in [6, 6.07) is 32.0. The van der Waals surface area contributed by atoms with Crippen molar-refractivity contribution in [1.29, 1.82) is 0 Å². The number of hydrogen-bond donors (Lipinski definition) is 0. The molecule has 0 amide bonds. The molecule has 0 saturated carbocycles. The molecule has 1 unspecified atom stereocenters. The maximum atomic E-state index is 5.54. The fourth-order valence-electron chi connectivity index (χ4n) is 5.22. The summed E-state index contributed by atoms with van der Waals surface area (Å²) < 4.78 is 2.08. The summed E-state index contributed by atoms with van der Waals surface area (Å²) in [5, 5.41) is 17.1. The van der Waals surface area contributed by atoms with Crippen molar-refractivity contribution in [2.24, 2.45) is 0 Å². The van der Waals surface area contributed by atoms with E-state index in [1.807, 2.05) is 0 Å². The van der Waals surface area contributed by atoms with Crippen LogP contribution in [0.3, 0.4) is 0 Å². The van der Waals surface area contributed by atoms with Crippen molar-refractivity contribution in [3.05, 3.63) is 176 Å². The Morgan fingerprint density at radius 1 is 0.638 bits per heavy atom. The van der Waals surface area contributed by atoms with E-state index >= 15 is 0 Å². The number of nitrogens with zero attached hydrogens (tertiary/aromatic N) is 5. The van der Waals surface area contributed by atoms with E-state index in [2.05, 4.69) is 164 Å². The van der Waals surface area contributed by atoms with Gasteiger partial charge in [0.25, 0.3) is 0 Å². The number of para-hydroxylation sites is 1. The zero-order valence-corrected chi connectivity index (χ0v) is 33.7. The average Bonchev–Trinajstić information content (AvgIpc) is 3.05. The zero-order valence-electron chi connectivity index (χ0n) is 30.1. The fourth-order valence-corrected chi connectivity index (χ4v) is 5.22. The third-order valence-corrected chi connectivity index (χ3v) is 7.19. The summed E-state index contributed by atoms with van der Waals surface area (Å²) in [6.45, 7) is 13.6. The molecule has 1 heterocycles. The third kappa shape index (κ3) is 11.7. The molecule has 1 atom stereocenters. The molecule has 0 aliphatic heterocycles. The van der Waals surface area contributed by atoms with Crippen molar-refractivity contribution in [3.63, 3.8) is 0 Å². The first kappa shape index (κ1) is 41.7. The van der Waals surface area contributed by atoms with Gasteiger partial charge in [-0.15, -0.1) is 42.0 Å². The van der Waals surface area contributed by atoms with Crippen molar-refractivity contribution < 1.29 is 30.1 Å². The Balaban J connectivity index is 0.000000996. The molecule has 3 aromatic carbocycles. The summed E-state index contributed by atoms with van der Waals surface area (Å²) in [5.41, 5.74) is 9.51. The molecule has 0 radical (unpaired) electrons. The molecule has 47 heavy (non-hydrogen) atoms. The predicted molar refractivity (Wildman–Crippen MR) is 200 cm³/mol. The summed E-state index contributed by atoms with van der Waals surface area (Å²) in [5.74, 6) is 0.755. The monoisotopic (exact) mass is 795 g/mol. The van der Waals surface area contributed by atoms with Gasteiger partial charge in [0.15, 0.2) is 11.0 Å². The molecular formula is C41H53HfN5. The molecule has 1 aliphatic rings. The minimum Gasteiger partial charge on any atom is -0.669 e. The number of benzene rings is 3. The Bertz CT molecular complexity index is 1580. The second-order valence-electron chi connectivity index (χ2n) is 11.7. The number of rotatable bonds is 6. The minimum absolute atomic E-state index is 0. The first-order chi connectivity index (χ1) is 22.2. The maximum Gasteiger partial charge on any atom is 4.00 e. The van der Waals surface area contributed by atoms with Crippen LogP contribution in [0.1, 0.15) is 79.1 Å². The fraction of sp³-hybridized carbons (Fsp3) is 0.317. The van der Waals surface area contributed by atoms with Crippen LogP contribution in [-0.2, 0) is 25.8 Å². The quantitative estimate of drug-likeness (QED) is 0.106. The van der Waals surface area contributed by atoms with E-state index in [0.29, 0.717) is 11.8 Å². The molecule has 0 bridgehead atoms. The zero-order chi connectivity index (χ0) is 34.1. The molecule has 4 aromatic rings. The van der Waals surface area contributed by atoms with E-state index in [1.54, 1.807) is 42.3 Å². The molecule has 1 aliphatic carbocycles. The van der Waals surface area contributed by atoms with E-state index in [4.69, 9.17) is 5.32 Å². The van der Waals surface area contributed by atoms with Crippen LogP contribution in [0.2, 0.25) is 0 Å². The van der Waals surface area contributed by atoms with E-state index in [9.17, 15) is 0 Å². The van der Waals surface area contributed by atoms with Crippen molar-refractivity contribution >= 4 is 11.3 Å². The van der Waals surface area contributed by atoms with Crippen molar-refractivity contribution in [2.45, 2.75) is 45.6 Å². The number of hydrogen-bond acceptors (Lipinski definition) is 0. The van der Waals surface area contributed by atoms with Gasteiger partial charge in [0.1, 0.15) is 6.72 Å². The summed E-state index contributed by atoms with van der Waals surface area (Å²) in [4.78, 5) is 0. The van der Waals surface area contributed by atoms with Gasteiger partial charge in [-0.05, 0) is 29.5 Å². The molecular weight excluding hydrogens is 741 g/mol. The Kier molecular flexibility index (Phi) is 19.8. The number of allylic oxidation sites excluding steroid dienone is 2. The normalized spacial score (nSPS) is 12.9. The predicted octanol–water partition coefficient (Wildman–Crippen LogP) is 9.83. The van der Waals surface area contributed by atoms with Crippen LogP contribution in [0.4, 0.5) is 5.69 Å². The number of fused-ring (bicyclic) bond motifs is 1. The molecule has 0 saturated heterocycles. The van der Waals surface area contributed by atoms with Crippen LogP contribution in [0, 0.1) is 13.1 Å². The van der Waals surface area contributed by atoms with Gasteiger partial charge in [-0.25, -0.2) is 0 Å². The second kappa shape index (κ2) is 22.3. The standard InChI is InChI=1S/C35H35N2.3C2H6N.Hf/c1-24(2)28-19-12-20-29(25(3)4)35(28)36-34(27-15-7-6-8-16-27)33-23-13-22-32(37(33)5)31-21-11-17-26-14-9-10-18-30(26)31;3*1-3-2;/h6-25,34H,5H2,1-4H3;3*1-2H3;/q4*-1;+4/b32-31+;;;;. The van der Waals surface area contributed by atoms with Crippen LogP contribution < -0.4 is 9.59 Å². The van der Waals surface area contributed by atoms with Crippen LogP contribution in [0.5, 0.6) is 0 Å². The van der Waals surface area contributed by atoms with Gasteiger partial charge in [-0.1, -0.05) is 111 Å². The first-order valence-corrected chi connectivity index (χ1v) is 15.9. The molecule has 0 spiro atoms. The topological polar surface area (TPSA) is 62.3 Å². The van der Waals surface area contributed by atoms with Crippen LogP contribution in [0.15, 0.2) is 103 Å². The molecule has 6 heteroatoms. The van der Waals surface area contributed by atoms with Crippen LogP contribution in [0.25, 0.3) is 26.8 Å². The smallest absolute Gasteiger partial charge is 0.669 e. The van der Waals surface area contributed by atoms with Gasteiger partial charge in [0, 0.05) is 12.1 Å². The minimum atomic E-state index is -0.189. The molecule has 5 nitrogen and oxygen atoms in total. The van der Waals surface area contributed by atoms with Gasteiger partial charge >= 0.3 is 25.8 Å². The van der Waals surface area contributed by atoms with E-state index in [1.165, 1.54) is 27.8 Å². The Labute approximate surface area is 304 Å². The second-order valence-corrected chi connectivity index (χ2v) is 11.7. The summed E-state index contributed by atoms with van der Waals surface area (Å²) >= 11 is 0. The van der Waals surface area contributed by atoms with Crippen molar-refractivity contribution in [3.8, 4) is 0 Å². The Hall–Kier alpha value is -3.29. The summed E-state index contributed by atoms with van der Waals surface area (Å²) in [7, 11) is 10.5. The van der Waals surface area contributed by atoms with Crippen LogP contribution >= 0.6 is 0 Å². The van der Waals surface area contributed by atoms with Gasteiger partial charge in [0.2, 0.25) is 0 Å². The molecule has 5 rings (SSSR count). The number of aromatic nitrogens is 1. The Morgan fingerprint density at radius 3 is 1.70 bits per heavy atom. The van der Waals surface area contributed by atoms with E-state index < -0.39 is 0 Å². The van der Waals surface area contributed by atoms with E-state index in [0.717, 1.165) is 22.3 Å². The number of pyridine rings is 1. The molecule has 1 aromatic heterocycles. The van der Waals surface area contributed by atoms with Crippen LogP contribution in [-0.4, -0.2) is 42.3 Å². The third-order valence-electron chi connectivity index (χ3n) is 7.19. The van der Waals surface area contributed by atoms with Crippen molar-refractivity contribution in [2.75, 3.05) is 42.3 Å². The summed E-state index contributed by atoms with van der Waals surface area (Å²) in [6.07, 6.45) is 6.47. The van der Waals surface area contributed by atoms with Gasteiger partial charge < -0.3 is 21.3 Å². The molecule has 0 N–H and O–H groups in total. The molecule has 246 valence electrons. The maximum absolute atomic E-state index is 5.54. The molecule has 0 fully saturated rings. The Morgan fingerprint density at radius 2 is 1.15 bits per heavy atom. The largest absolute Gasteiger partial charge is 4.00 e.